The highest BCUT2D eigenvalue weighted by molar-refractivity contribution is 9.08. The van der Waals surface area contributed by atoms with Crippen LogP contribution in [0.15, 0.2) is 30.3 Å². The number of hydrogen-bond acceptors (Lipinski definition) is 3. The van der Waals surface area contributed by atoms with Gasteiger partial charge in [-0.15, -0.1) is 0 Å². The van der Waals surface area contributed by atoms with Crippen molar-refractivity contribution >= 4 is 21.6 Å². The lowest BCUT2D eigenvalue weighted by Gasteiger charge is -2.13. The number of halogens is 1. The maximum atomic E-state index is 11.2. The molecule has 0 saturated carbocycles. The highest BCUT2D eigenvalue weighted by Crippen LogP contribution is 2.37. The molecule has 0 heterocycles. The van der Waals surface area contributed by atoms with Crippen molar-refractivity contribution in [3.8, 4) is 11.5 Å². The number of ether oxygens (including phenoxy) is 1. The van der Waals surface area contributed by atoms with Crippen LogP contribution in [0.1, 0.15) is 22.3 Å². The van der Waals surface area contributed by atoms with Crippen LogP contribution >= 0.6 is 15.9 Å². The lowest BCUT2D eigenvalue weighted by Crippen LogP contribution is -1.98. The van der Waals surface area contributed by atoms with Gasteiger partial charge in [-0.1, -0.05) is 39.7 Å². The van der Waals surface area contributed by atoms with E-state index in [4.69, 9.17) is 4.74 Å². The molecule has 110 valence electrons. The average Bonchev–Trinajstić information content (AvgIpc) is 2.42. The van der Waals surface area contributed by atoms with Gasteiger partial charge in [0.25, 0.3) is 0 Å². The van der Waals surface area contributed by atoms with E-state index < -0.39 is 4.92 Å². The van der Waals surface area contributed by atoms with Crippen LogP contribution in [-0.2, 0) is 5.33 Å². The van der Waals surface area contributed by atoms with E-state index in [-0.39, 0.29) is 5.69 Å². The minimum atomic E-state index is -0.405. The van der Waals surface area contributed by atoms with Crippen LogP contribution in [0.3, 0.4) is 0 Å². The first-order valence-electron chi connectivity index (χ1n) is 6.51. The summed E-state index contributed by atoms with van der Waals surface area (Å²) in [4.78, 5) is 10.8. The van der Waals surface area contributed by atoms with Crippen LogP contribution < -0.4 is 4.74 Å². The molecule has 4 nitrogen and oxygen atoms in total. The monoisotopic (exact) mass is 349 g/mol. The van der Waals surface area contributed by atoms with Gasteiger partial charge >= 0.3 is 5.69 Å². The van der Waals surface area contributed by atoms with E-state index >= 15 is 0 Å². The summed E-state index contributed by atoms with van der Waals surface area (Å²) < 4.78 is 5.86. The van der Waals surface area contributed by atoms with Crippen molar-refractivity contribution in [1.82, 2.24) is 0 Å². The maximum absolute atomic E-state index is 11.2. The number of hydrogen-bond donors (Lipinski definition) is 0. The largest absolute Gasteiger partial charge is 0.450 e. The van der Waals surface area contributed by atoms with E-state index in [2.05, 4.69) is 15.9 Å². The topological polar surface area (TPSA) is 52.4 Å². The van der Waals surface area contributed by atoms with Gasteiger partial charge in [0.1, 0.15) is 5.75 Å². The first kappa shape index (κ1) is 15.5. The Morgan fingerprint density at radius 1 is 1.14 bits per heavy atom. The number of nitro benzene ring substituents is 1. The predicted octanol–water partition coefficient (Wildman–Crippen LogP) is 5.21. The Kier molecular flexibility index (Phi) is 4.63. The lowest BCUT2D eigenvalue weighted by atomic mass is 10.1. The number of nitrogens with zero attached hydrogens (tertiary/aromatic N) is 1. The van der Waals surface area contributed by atoms with E-state index in [0.29, 0.717) is 16.8 Å². The van der Waals surface area contributed by atoms with Crippen molar-refractivity contribution in [2.45, 2.75) is 26.1 Å². The summed E-state index contributed by atoms with van der Waals surface area (Å²) in [6.07, 6.45) is 0. The van der Waals surface area contributed by atoms with E-state index in [1.54, 1.807) is 0 Å². The minimum Gasteiger partial charge on any atom is -0.450 e. The van der Waals surface area contributed by atoms with Crippen molar-refractivity contribution in [2.75, 3.05) is 0 Å². The molecule has 2 rings (SSSR count). The summed E-state index contributed by atoms with van der Waals surface area (Å²) in [6.45, 7) is 5.65. The molecule has 0 aromatic heterocycles. The molecule has 0 bridgehead atoms. The second kappa shape index (κ2) is 6.26. The van der Waals surface area contributed by atoms with Gasteiger partial charge in [-0.25, -0.2) is 0 Å². The molecule has 0 radical (unpaired) electrons. The molecule has 0 N–H and O–H groups in total. The zero-order valence-corrected chi connectivity index (χ0v) is 13.7. The molecule has 0 amide bonds. The van der Waals surface area contributed by atoms with E-state index in [9.17, 15) is 10.1 Å². The Labute approximate surface area is 132 Å². The summed E-state index contributed by atoms with van der Waals surface area (Å²) in [5.41, 5.74) is 3.67. The number of alkyl halides is 1. The maximum Gasteiger partial charge on any atom is 0.312 e. The second-order valence-electron chi connectivity index (χ2n) is 5.03. The summed E-state index contributed by atoms with van der Waals surface area (Å²) in [6, 6.07) is 9.18. The van der Waals surface area contributed by atoms with Gasteiger partial charge in [-0.3, -0.25) is 10.1 Å². The van der Waals surface area contributed by atoms with Gasteiger partial charge in [0.05, 0.1) is 4.92 Å². The van der Waals surface area contributed by atoms with Crippen LogP contribution in [0.25, 0.3) is 0 Å². The summed E-state index contributed by atoms with van der Waals surface area (Å²) in [7, 11) is 0. The minimum absolute atomic E-state index is 0.00593. The zero-order chi connectivity index (χ0) is 15.6. The molecule has 0 spiro atoms. The first-order chi connectivity index (χ1) is 9.92. The third-order valence-corrected chi connectivity index (χ3v) is 3.77. The van der Waals surface area contributed by atoms with Crippen molar-refractivity contribution in [1.29, 1.82) is 0 Å². The number of benzene rings is 2. The Bertz CT molecular complexity index is 698. The van der Waals surface area contributed by atoms with Gasteiger partial charge in [0.15, 0.2) is 0 Å². The fourth-order valence-corrected chi connectivity index (χ4v) is 2.66. The smallest absolute Gasteiger partial charge is 0.312 e. The zero-order valence-electron chi connectivity index (χ0n) is 12.1. The molecule has 0 aliphatic carbocycles. The molecule has 0 fully saturated rings. The van der Waals surface area contributed by atoms with Crippen molar-refractivity contribution in [2.24, 2.45) is 0 Å². The molecular formula is C16H16BrNO3. The van der Waals surface area contributed by atoms with Crippen molar-refractivity contribution in [3.05, 3.63) is 62.7 Å². The molecule has 21 heavy (non-hydrogen) atoms. The third-order valence-electron chi connectivity index (χ3n) is 3.17. The summed E-state index contributed by atoms with van der Waals surface area (Å²) in [5, 5.41) is 11.9. The van der Waals surface area contributed by atoms with Crippen LogP contribution in [0, 0.1) is 30.9 Å². The first-order valence-corrected chi connectivity index (χ1v) is 7.63. The van der Waals surface area contributed by atoms with E-state index in [1.807, 2.05) is 45.0 Å². The Morgan fingerprint density at radius 3 is 2.48 bits per heavy atom. The third kappa shape index (κ3) is 3.42. The lowest BCUT2D eigenvalue weighted by molar-refractivity contribution is -0.385. The quantitative estimate of drug-likeness (QED) is 0.432. The Hall–Kier alpha value is -1.88. The highest BCUT2D eigenvalue weighted by Gasteiger charge is 2.20. The number of rotatable bonds is 4. The van der Waals surface area contributed by atoms with Gasteiger partial charge in [0.2, 0.25) is 5.75 Å². The predicted molar refractivity (Wildman–Crippen MR) is 86.5 cm³/mol. The number of aryl methyl sites for hydroxylation is 3. The standard InChI is InChI=1S/C16H16BrNO3/c1-10-4-5-15(13(7-10)9-17)21-16-12(3)6-11(2)8-14(16)18(19)20/h4-8H,9H2,1-3H3. The normalized spacial score (nSPS) is 10.5. The highest BCUT2D eigenvalue weighted by atomic mass is 79.9. The Balaban J connectivity index is 2.51. The summed E-state index contributed by atoms with van der Waals surface area (Å²) >= 11 is 3.42. The summed E-state index contributed by atoms with van der Waals surface area (Å²) in [5.74, 6) is 0.934. The fraction of sp³-hybridized carbons (Fsp3) is 0.250. The van der Waals surface area contributed by atoms with Gasteiger partial charge in [-0.05, 0) is 38.0 Å². The molecule has 0 atom stereocenters. The molecule has 2 aromatic carbocycles. The van der Waals surface area contributed by atoms with Crippen LogP contribution in [0.2, 0.25) is 0 Å². The second-order valence-corrected chi connectivity index (χ2v) is 5.59. The van der Waals surface area contributed by atoms with Crippen molar-refractivity contribution in [3.63, 3.8) is 0 Å². The van der Waals surface area contributed by atoms with Gasteiger partial charge in [0, 0.05) is 17.0 Å². The van der Waals surface area contributed by atoms with E-state index in [0.717, 1.165) is 22.3 Å². The van der Waals surface area contributed by atoms with Crippen molar-refractivity contribution < 1.29 is 9.66 Å². The SMILES string of the molecule is Cc1ccc(Oc2c(C)cc(C)cc2[N+](=O)[O-])c(CBr)c1. The fourth-order valence-electron chi connectivity index (χ4n) is 2.22. The van der Waals surface area contributed by atoms with Crippen LogP contribution in [-0.4, -0.2) is 4.92 Å². The molecule has 0 unspecified atom stereocenters. The molecule has 2 aromatic rings. The van der Waals surface area contributed by atoms with Crippen LogP contribution in [0.5, 0.6) is 11.5 Å². The molecule has 0 aliphatic rings. The molecule has 0 saturated heterocycles. The van der Waals surface area contributed by atoms with Gasteiger partial charge < -0.3 is 4.74 Å². The molecular weight excluding hydrogens is 334 g/mol. The number of nitro groups is 1. The van der Waals surface area contributed by atoms with Crippen LogP contribution in [0.4, 0.5) is 5.69 Å². The van der Waals surface area contributed by atoms with Gasteiger partial charge in [-0.2, -0.15) is 0 Å². The molecule has 0 aliphatic heterocycles. The average molecular weight is 350 g/mol. The van der Waals surface area contributed by atoms with E-state index in [1.165, 1.54) is 6.07 Å². The Morgan fingerprint density at radius 2 is 1.86 bits per heavy atom. The molecule has 5 heteroatoms.